The molecule has 8 aromatic carbocycles. The van der Waals surface area contributed by atoms with Crippen LogP contribution in [0.15, 0.2) is 286 Å². The van der Waals surface area contributed by atoms with Crippen molar-refractivity contribution in [3.8, 4) is 44.9 Å². The van der Waals surface area contributed by atoms with Crippen LogP contribution in [0.1, 0.15) is 53.4 Å². The molecule has 5 N–H and O–H groups in total. The number of sulfonamides is 1. The Labute approximate surface area is 652 Å². The number of nitrogens with one attached hydrogen (secondary N) is 1. The van der Waals surface area contributed by atoms with E-state index in [-0.39, 0.29) is 37.2 Å². The third-order valence-corrected chi connectivity index (χ3v) is 28.1. The van der Waals surface area contributed by atoms with Crippen molar-refractivity contribution in [2.75, 3.05) is 104 Å². The van der Waals surface area contributed by atoms with Crippen molar-refractivity contribution in [2.24, 2.45) is 11.3 Å². The van der Waals surface area contributed by atoms with Crippen LogP contribution in [-0.4, -0.2) is 123 Å². The van der Waals surface area contributed by atoms with E-state index in [1.165, 1.54) is 0 Å². The summed E-state index contributed by atoms with van der Waals surface area (Å²) in [6, 6.07) is 80.6. The SMILES string of the molecule is CCCCC(CC)CNS(=O)(=O)c1ccccc1-c1c2cc/c(=[N+](\CCO)CSc3ccccc3)cc-2oc2cc(N(CCO)CSc3ccccc3)ccc12.CCS(CC)(ON=O)c1ccccc1-c1c2cc/c(=[N+](\CCO)CSc3ccccc3)cc-2oc2cc(N(CCO)CSc3ccccc3)ccc12. The predicted molar refractivity (Wildman–Crippen MR) is 451 cm³/mol. The summed E-state index contributed by atoms with van der Waals surface area (Å²) in [7, 11) is -5.92. The van der Waals surface area contributed by atoms with E-state index in [0.717, 1.165) is 111 Å². The molecular formula is C86H96N6O10S6+2. The molecule has 4 aliphatic rings. The zero-order chi connectivity index (χ0) is 75.7. The number of benzene rings is 10. The van der Waals surface area contributed by atoms with Gasteiger partial charge in [-0.3, -0.25) is 0 Å². The minimum Gasteiger partial charge on any atom is -0.456 e. The number of nitrogens with zero attached hydrogens (tertiary/aromatic N) is 5. The first-order chi connectivity index (χ1) is 52.9. The number of hydrogen-bond acceptors (Lipinski definition) is 17. The van der Waals surface area contributed by atoms with Gasteiger partial charge in [-0.25, -0.2) is 22.3 Å². The minimum absolute atomic E-state index is 0.00951. The molecule has 564 valence electrons. The highest BCUT2D eigenvalue weighted by Crippen LogP contribution is 2.61. The zero-order valence-electron chi connectivity index (χ0n) is 61.5. The molecule has 1 unspecified atom stereocenters. The van der Waals surface area contributed by atoms with Crippen molar-refractivity contribution >= 4 is 101 Å². The quantitative estimate of drug-likeness (QED) is 0.00613. The average Bonchev–Trinajstić information content (AvgIpc) is 0.745. The summed E-state index contributed by atoms with van der Waals surface area (Å²) < 4.78 is 55.0. The number of unbranched alkanes of at least 4 members (excludes halogenated alkanes) is 1. The molecule has 0 spiro atoms. The van der Waals surface area contributed by atoms with Gasteiger partial charge in [0, 0.05) is 130 Å². The molecule has 16 nitrogen and oxygen atoms in total. The first kappa shape index (κ1) is 80.6. The molecule has 0 amide bonds. The Morgan fingerprint density at radius 2 is 0.898 bits per heavy atom. The summed E-state index contributed by atoms with van der Waals surface area (Å²) in [4.78, 5) is 21.7. The summed E-state index contributed by atoms with van der Waals surface area (Å²) >= 11 is 6.79. The van der Waals surface area contributed by atoms with Crippen molar-refractivity contribution in [3.05, 3.63) is 258 Å². The molecule has 1 atom stereocenters. The smallest absolute Gasteiger partial charge is 0.241 e. The van der Waals surface area contributed by atoms with Gasteiger partial charge in [0.05, 0.1) is 42.0 Å². The molecule has 0 saturated carbocycles. The number of hydrogen-bond donors (Lipinski definition) is 5. The third-order valence-electron chi connectivity index (χ3n) is 19.1. The fourth-order valence-electron chi connectivity index (χ4n) is 13.2. The molecule has 0 fully saturated rings. The van der Waals surface area contributed by atoms with E-state index in [0.29, 0.717) is 96.0 Å². The maximum absolute atomic E-state index is 14.2. The highest BCUT2D eigenvalue weighted by molar-refractivity contribution is 8.29. The van der Waals surface area contributed by atoms with Gasteiger partial charge in [0.1, 0.15) is 35.9 Å². The van der Waals surface area contributed by atoms with Crippen LogP contribution in [0.2, 0.25) is 0 Å². The first-order valence-electron chi connectivity index (χ1n) is 36.7. The van der Waals surface area contributed by atoms with E-state index in [4.69, 9.17) is 13.1 Å². The van der Waals surface area contributed by atoms with Gasteiger partial charge in [0.25, 0.3) is 0 Å². The second-order valence-corrected chi connectivity index (χ2v) is 34.9. The number of thioether (sulfide) groups is 4. The summed E-state index contributed by atoms with van der Waals surface area (Å²) in [5.41, 5.74) is 8.09. The fourth-order valence-corrected chi connectivity index (χ4v) is 20.6. The lowest BCUT2D eigenvalue weighted by Crippen LogP contribution is -2.32. The largest absolute Gasteiger partial charge is 0.456 e. The van der Waals surface area contributed by atoms with Crippen molar-refractivity contribution in [1.82, 2.24) is 13.9 Å². The predicted octanol–water partition coefficient (Wildman–Crippen LogP) is 17.8. The van der Waals surface area contributed by atoms with Crippen LogP contribution in [0, 0.1) is 10.8 Å². The van der Waals surface area contributed by atoms with Gasteiger partial charge in [-0.1, -0.05) is 180 Å². The first-order valence-corrected chi connectivity index (χ1v) is 44.0. The third kappa shape index (κ3) is 20.4. The van der Waals surface area contributed by atoms with E-state index >= 15 is 0 Å². The Morgan fingerprint density at radius 1 is 0.481 bits per heavy atom. The molecule has 12 rings (SSSR count). The Bertz CT molecular complexity index is 5070. The summed E-state index contributed by atoms with van der Waals surface area (Å²) in [6.45, 7) is 10.5. The average molecular weight is 1570 g/mol. The van der Waals surface area contributed by atoms with Gasteiger partial charge >= 0.3 is 0 Å². The van der Waals surface area contributed by atoms with Crippen LogP contribution < -0.4 is 34.4 Å². The van der Waals surface area contributed by atoms with E-state index in [2.05, 4.69) is 140 Å². The fraction of sp³-hybridized carbons (Fsp3) is 0.279. The van der Waals surface area contributed by atoms with Crippen LogP contribution >= 0.6 is 57.4 Å². The molecule has 2 aliphatic carbocycles. The molecule has 0 aromatic heterocycles. The van der Waals surface area contributed by atoms with Crippen molar-refractivity contribution < 1.29 is 42.0 Å². The van der Waals surface area contributed by atoms with Crippen molar-refractivity contribution in [3.63, 3.8) is 0 Å². The van der Waals surface area contributed by atoms with Crippen LogP contribution in [0.25, 0.3) is 66.8 Å². The molecule has 2 aliphatic heterocycles. The minimum atomic E-state index is -3.89. The molecule has 0 bridgehead atoms. The Balaban J connectivity index is 0.000000215. The highest BCUT2D eigenvalue weighted by atomic mass is 32.3. The second-order valence-electron chi connectivity index (χ2n) is 25.8. The van der Waals surface area contributed by atoms with Gasteiger partial charge in [0.15, 0.2) is 30.2 Å². The molecule has 0 radical (unpaired) electrons. The molecule has 2 heterocycles. The maximum atomic E-state index is 14.2. The van der Waals surface area contributed by atoms with Crippen LogP contribution in [0.4, 0.5) is 11.4 Å². The van der Waals surface area contributed by atoms with Crippen molar-refractivity contribution in [2.45, 2.75) is 82.8 Å². The normalized spacial score (nSPS) is 12.7. The van der Waals surface area contributed by atoms with Crippen LogP contribution in [0.3, 0.4) is 0 Å². The molecule has 8 aromatic rings. The number of rotatable bonds is 37. The molecule has 22 heteroatoms. The number of aliphatic hydroxyl groups excluding tert-OH is 4. The van der Waals surface area contributed by atoms with Gasteiger partial charge in [-0.2, -0.15) is 0 Å². The standard InChI is InChI=1S/C45H52N3O5S3.C41H44N3O5S3/c1-3-5-14-34(4-2)31-46-56(51,52)44-20-13-12-19-41(44)45-39-23-21-35(47(25-27-49)32-54-37-15-8-6-9-16-37)29-42(39)53-43-30-36(22-24-40(43)45)48(26-28-50)33-55-38-17-10-7-11-18-38;1-3-52(4-2,49-42-47)40-18-12-11-17-37(40)41-35-21-19-31(43(23-25-45)29-50-33-13-7-5-8-14-33)27-38(35)48-39-28-32(20-22-36(39)41)44(24-26-46)30-51-34-15-9-6-10-16-34/h6-13,15-24,29-30,34,46,49-50H,3-5,14,25-28,31-33H2,1-2H3;5-22,27-28,45-46H,3-4,23-26,29-30H2,1-2H3/q2*+1. The van der Waals surface area contributed by atoms with Gasteiger partial charge in [-0.05, 0) is 125 Å². The maximum Gasteiger partial charge on any atom is 0.241 e. The number of aliphatic hydroxyl groups is 4. The van der Waals surface area contributed by atoms with E-state index in [9.17, 15) is 33.8 Å². The zero-order valence-corrected chi connectivity index (χ0v) is 66.4. The van der Waals surface area contributed by atoms with E-state index in [1.54, 1.807) is 59.2 Å². The Hall–Kier alpha value is -8.36. The summed E-state index contributed by atoms with van der Waals surface area (Å²) in [5, 5.41) is 46.7. The Morgan fingerprint density at radius 3 is 1.31 bits per heavy atom. The lowest BCUT2D eigenvalue weighted by Gasteiger charge is -2.35. The second kappa shape index (κ2) is 40.4. The molecular weight excluding hydrogens is 1470 g/mol. The van der Waals surface area contributed by atoms with Gasteiger partial charge < -0.3 is 43.3 Å². The van der Waals surface area contributed by atoms with E-state index < -0.39 is 20.3 Å². The Kier molecular flexibility index (Phi) is 30.1. The van der Waals surface area contributed by atoms with Gasteiger partial charge in [0.2, 0.25) is 20.7 Å². The highest BCUT2D eigenvalue weighted by Gasteiger charge is 2.32. The van der Waals surface area contributed by atoms with E-state index in [1.807, 2.05) is 147 Å². The van der Waals surface area contributed by atoms with Crippen molar-refractivity contribution in [1.29, 1.82) is 0 Å². The summed E-state index contributed by atoms with van der Waals surface area (Å²) in [5.74, 6) is 5.33. The molecule has 0 saturated heterocycles. The lowest BCUT2D eigenvalue weighted by molar-refractivity contribution is 0.286. The van der Waals surface area contributed by atoms with Crippen LogP contribution in [0.5, 0.6) is 0 Å². The monoisotopic (exact) mass is 1560 g/mol. The van der Waals surface area contributed by atoms with Gasteiger partial charge in [-0.15, -0.1) is 28.4 Å². The van der Waals surface area contributed by atoms with Crippen LogP contribution in [-0.2, 0) is 14.3 Å². The topological polar surface area (TPSA) is 205 Å². The lowest BCUT2D eigenvalue weighted by atomic mass is 9.93. The molecule has 108 heavy (non-hydrogen) atoms. The summed E-state index contributed by atoms with van der Waals surface area (Å²) in [6.07, 6.45) is 4.01. The number of fused-ring (bicyclic) bond motifs is 4. The number of anilines is 2.